The molecule has 0 spiro atoms. The first-order valence-corrected chi connectivity index (χ1v) is 15.7. The molecule has 0 unspecified atom stereocenters. The van der Waals surface area contributed by atoms with Gasteiger partial charge in [-0.05, 0) is 94.3 Å². The predicted octanol–water partition coefficient (Wildman–Crippen LogP) is 13.1. The average molecular weight is 623 g/mol. The summed E-state index contributed by atoms with van der Waals surface area (Å²) >= 11 is 0. The van der Waals surface area contributed by atoms with E-state index in [9.17, 15) is 0 Å². The summed E-state index contributed by atoms with van der Waals surface area (Å²) in [5.74, 6) is 0. The monoisotopic (exact) mass is 622 g/mol. The molecule has 8 aromatic rings. The van der Waals surface area contributed by atoms with Crippen molar-refractivity contribution in [2.75, 3.05) is 9.80 Å². The molecular formula is C46H34N2. The van der Waals surface area contributed by atoms with E-state index in [1.807, 2.05) is 121 Å². The number of fused-ring (bicyclic) bond motifs is 1. The van der Waals surface area contributed by atoms with Crippen LogP contribution in [0.2, 0.25) is 0 Å². The Bertz CT molecular complexity index is 2620. The number of nitrogens with zero attached hydrogens (tertiary/aromatic N) is 2. The highest BCUT2D eigenvalue weighted by molar-refractivity contribution is 5.99. The average Bonchev–Trinajstić information content (AvgIpc) is 3.24. The molecule has 0 aliphatic heterocycles. The third-order valence-corrected chi connectivity index (χ3v) is 8.18. The minimum atomic E-state index is -0.467. The van der Waals surface area contributed by atoms with E-state index in [4.69, 9.17) is 11.0 Å². The molecule has 8 rings (SSSR count). The summed E-state index contributed by atoms with van der Waals surface area (Å²) in [6.45, 7) is 0. The lowest BCUT2D eigenvalue weighted by atomic mass is 9.99. The van der Waals surface area contributed by atoms with Crippen molar-refractivity contribution in [1.29, 1.82) is 0 Å². The van der Waals surface area contributed by atoms with Gasteiger partial charge in [-0.1, -0.05) is 139 Å². The number of hydrogen-bond acceptors (Lipinski definition) is 2. The second-order valence-electron chi connectivity index (χ2n) is 11.2. The minimum Gasteiger partial charge on any atom is -0.311 e. The molecule has 0 radical (unpaired) electrons. The van der Waals surface area contributed by atoms with E-state index < -0.39 is 24.2 Å². The molecule has 0 saturated heterocycles. The summed E-state index contributed by atoms with van der Waals surface area (Å²) in [6, 6.07) is 46.5. The first-order valence-electron chi connectivity index (χ1n) is 19.7. The van der Waals surface area contributed by atoms with E-state index in [-0.39, 0.29) is 46.5 Å². The summed E-state index contributed by atoms with van der Waals surface area (Å²) in [5.41, 5.74) is 3.92. The highest BCUT2D eigenvalue weighted by Crippen LogP contribution is 2.40. The van der Waals surface area contributed by atoms with E-state index in [1.54, 1.807) is 17.0 Å². The molecule has 0 saturated carbocycles. The number of hydrogen-bond donors (Lipinski definition) is 0. The molecule has 0 heterocycles. The maximum atomic E-state index is 9.15. The van der Waals surface area contributed by atoms with Gasteiger partial charge in [0.2, 0.25) is 0 Å². The minimum absolute atomic E-state index is 0.00108. The lowest BCUT2D eigenvalue weighted by molar-refractivity contribution is 1.28. The Kier molecular flexibility index (Phi) is 5.87. The van der Waals surface area contributed by atoms with Gasteiger partial charge in [-0.3, -0.25) is 0 Å². The summed E-state index contributed by atoms with van der Waals surface area (Å²) in [4.78, 5) is 3.78. The van der Waals surface area contributed by atoms with E-state index in [0.29, 0.717) is 16.9 Å². The van der Waals surface area contributed by atoms with Gasteiger partial charge in [-0.25, -0.2) is 0 Å². The predicted molar refractivity (Wildman–Crippen MR) is 204 cm³/mol. The summed E-state index contributed by atoms with van der Waals surface area (Å²) in [5, 5.41) is 2.15. The van der Waals surface area contributed by atoms with Crippen molar-refractivity contribution in [1.82, 2.24) is 0 Å². The molecule has 0 fully saturated rings. The van der Waals surface area contributed by atoms with Gasteiger partial charge in [0.05, 0.1) is 16.7 Å². The largest absolute Gasteiger partial charge is 0.311 e. The number of rotatable bonds is 8. The maximum Gasteiger partial charge on any atom is 0.0645 e. The molecule has 2 heteroatoms. The van der Waals surface area contributed by atoms with Crippen molar-refractivity contribution in [3.8, 4) is 22.3 Å². The lowest BCUT2D eigenvalue weighted by Gasteiger charge is -2.27. The van der Waals surface area contributed by atoms with Crippen LogP contribution in [0.3, 0.4) is 0 Å². The quantitative estimate of drug-likeness (QED) is 0.166. The van der Waals surface area contributed by atoms with Crippen molar-refractivity contribution in [3.05, 3.63) is 206 Å². The standard InChI is InChI=1S/C46H34N2/c1-4-15-40(16-5-1)47(41-17-6-2-7-18-41)43-31-27-37(28-32-43)35-23-25-36(26-24-35)38-29-33-44(34-30-38)48(42-19-8-3-9-20-42)46-22-12-14-39-13-10-11-21-45(39)46/h1-34H/i23D,24D,25D,26D,27D,28D,31D,32D. The fourth-order valence-corrected chi connectivity index (χ4v) is 5.87. The van der Waals surface area contributed by atoms with Gasteiger partial charge >= 0.3 is 0 Å². The zero-order valence-corrected chi connectivity index (χ0v) is 25.9. The highest BCUT2D eigenvalue weighted by Gasteiger charge is 2.15. The topological polar surface area (TPSA) is 6.48 Å². The zero-order chi connectivity index (χ0) is 39.1. The first kappa shape index (κ1) is 21.4. The molecule has 8 aromatic carbocycles. The van der Waals surface area contributed by atoms with Gasteiger partial charge < -0.3 is 9.80 Å². The molecule has 0 amide bonds. The van der Waals surface area contributed by atoms with Crippen molar-refractivity contribution in [2.45, 2.75) is 0 Å². The smallest absolute Gasteiger partial charge is 0.0645 e. The number of anilines is 6. The third kappa shape index (κ3) is 5.84. The molecule has 0 atom stereocenters. The molecule has 48 heavy (non-hydrogen) atoms. The van der Waals surface area contributed by atoms with Crippen molar-refractivity contribution >= 4 is 44.9 Å². The van der Waals surface area contributed by atoms with Gasteiger partial charge in [0, 0.05) is 33.8 Å². The van der Waals surface area contributed by atoms with E-state index in [0.717, 1.165) is 27.8 Å². The van der Waals surface area contributed by atoms with Crippen LogP contribution in [0.25, 0.3) is 33.0 Å². The normalized spacial score (nSPS) is 13.2. The number of benzene rings is 8. The lowest BCUT2D eigenvalue weighted by Crippen LogP contribution is -2.10. The fourth-order valence-electron chi connectivity index (χ4n) is 5.87. The fraction of sp³-hybridized carbons (Fsp3) is 0. The van der Waals surface area contributed by atoms with Gasteiger partial charge in [-0.2, -0.15) is 0 Å². The van der Waals surface area contributed by atoms with Crippen LogP contribution in [0.15, 0.2) is 206 Å². The Balaban J connectivity index is 1.23. The SMILES string of the molecule is [2H]c1c([2H])c(-c2c([2H])c([2H])c(N(c3ccccc3)c3ccccc3)c([2H])c2[2H])c([2H])c([2H])c1-c1ccc(N(c2ccccc2)c2cccc3ccccc23)cc1. The molecule has 0 bridgehead atoms. The Morgan fingerprint density at radius 1 is 0.292 bits per heavy atom. The molecule has 228 valence electrons. The van der Waals surface area contributed by atoms with Crippen LogP contribution in [0, 0.1) is 0 Å². The zero-order valence-electron chi connectivity index (χ0n) is 33.9. The summed E-state index contributed by atoms with van der Waals surface area (Å²) in [7, 11) is 0. The summed E-state index contributed by atoms with van der Waals surface area (Å²) < 4.78 is 73.0. The summed E-state index contributed by atoms with van der Waals surface area (Å²) in [6.07, 6.45) is 0. The Morgan fingerprint density at radius 2 is 0.708 bits per heavy atom. The van der Waals surface area contributed by atoms with Gasteiger partial charge in [0.1, 0.15) is 0 Å². The van der Waals surface area contributed by atoms with Crippen molar-refractivity contribution < 1.29 is 11.0 Å². The van der Waals surface area contributed by atoms with E-state index in [2.05, 4.69) is 29.2 Å². The Labute approximate surface area is 293 Å². The molecule has 0 aliphatic carbocycles. The second kappa shape index (κ2) is 13.2. The van der Waals surface area contributed by atoms with Gasteiger partial charge in [-0.15, -0.1) is 0 Å². The molecular weight excluding hydrogens is 581 g/mol. The van der Waals surface area contributed by atoms with Crippen molar-refractivity contribution in [2.24, 2.45) is 0 Å². The van der Waals surface area contributed by atoms with Crippen LogP contribution in [0.5, 0.6) is 0 Å². The second-order valence-corrected chi connectivity index (χ2v) is 11.2. The van der Waals surface area contributed by atoms with Crippen molar-refractivity contribution in [3.63, 3.8) is 0 Å². The Morgan fingerprint density at radius 3 is 1.27 bits per heavy atom. The van der Waals surface area contributed by atoms with Crippen LogP contribution in [0.4, 0.5) is 34.1 Å². The molecule has 0 aliphatic rings. The maximum absolute atomic E-state index is 9.15. The molecule has 2 nitrogen and oxygen atoms in total. The highest BCUT2D eigenvalue weighted by atomic mass is 15.1. The number of para-hydroxylation sites is 3. The van der Waals surface area contributed by atoms with Crippen LogP contribution in [-0.2, 0) is 0 Å². The van der Waals surface area contributed by atoms with E-state index >= 15 is 0 Å². The third-order valence-electron chi connectivity index (χ3n) is 8.18. The Hall–Kier alpha value is -6.38. The van der Waals surface area contributed by atoms with Crippen LogP contribution < -0.4 is 9.80 Å². The van der Waals surface area contributed by atoms with Crippen LogP contribution in [-0.4, -0.2) is 0 Å². The first-order chi connectivity index (χ1) is 27.2. The van der Waals surface area contributed by atoms with Crippen LogP contribution >= 0.6 is 0 Å². The van der Waals surface area contributed by atoms with Gasteiger partial charge in [0.25, 0.3) is 0 Å². The van der Waals surface area contributed by atoms with E-state index in [1.165, 1.54) is 0 Å². The van der Waals surface area contributed by atoms with Gasteiger partial charge in [0.15, 0.2) is 0 Å². The molecule has 0 N–H and O–H groups in total. The van der Waals surface area contributed by atoms with Crippen LogP contribution in [0.1, 0.15) is 11.0 Å². The molecule has 0 aromatic heterocycles.